The molecule has 0 unspecified atom stereocenters. The van der Waals surface area contributed by atoms with Gasteiger partial charge in [0.25, 0.3) is 5.91 Å². The fraction of sp³-hybridized carbons (Fsp3) is 0.259. The molecule has 0 aliphatic carbocycles. The Morgan fingerprint density at radius 2 is 1.81 bits per heavy atom. The fourth-order valence-corrected chi connectivity index (χ4v) is 4.41. The Kier molecular flexibility index (Phi) is 6.39. The van der Waals surface area contributed by atoms with Crippen molar-refractivity contribution in [1.82, 2.24) is 24.8 Å². The number of rotatable bonds is 7. The molecule has 2 aromatic carbocycles. The molecule has 2 amide bonds. The van der Waals surface area contributed by atoms with Crippen LogP contribution in [0.1, 0.15) is 22.0 Å². The van der Waals surface area contributed by atoms with Crippen LogP contribution >= 0.6 is 0 Å². The molecule has 4 aromatic rings. The van der Waals surface area contributed by atoms with Crippen LogP contribution in [0.2, 0.25) is 0 Å². The second-order valence-corrected chi connectivity index (χ2v) is 9.18. The highest BCUT2D eigenvalue weighted by Gasteiger charge is 2.35. The molecule has 2 aromatic heterocycles. The number of aromatic nitrogens is 3. The molecule has 9 nitrogen and oxygen atoms in total. The van der Waals surface area contributed by atoms with E-state index < -0.39 is 6.04 Å². The van der Waals surface area contributed by atoms with Crippen molar-refractivity contribution >= 4 is 23.1 Å². The highest BCUT2D eigenvalue weighted by atomic mass is 16.3. The summed E-state index contributed by atoms with van der Waals surface area (Å²) in [5, 5.41) is 17.1. The predicted octanol–water partition coefficient (Wildman–Crippen LogP) is 2.38. The molecule has 0 radical (unpaired) electrons. The van der Waals surface area contributed by atoms with E-state index in [2.05, 4.69) is 20.3 Å². The number of anilines is 1. The first-order valence-corrected chi connectivity index (χ1v) is 11.8. The Morgan fingerprint density at radius 3 is 2.47 bits per heavy atom. The number of aliphatic hydroxyl groups is 1. The molecule has 1 aliphatic rings. The van der Waals surface area contributed by atoms with Gasteiger partial charge in [0.1, 0.15) is 11.8 Å². The van der Waals surface area contributed by atoms with Crippen LogP contribution in [0.5, 0.6) is 0 Å². The van der Waals surface area contributed by atoms with Crippen molar-refractivity contribution < 1.29 is 14.7 Å². The maximum atomic E-state index is 12.8. The van der Waals surface area contributed by atoms with E-state index in [1.807, 2.05) is 66.9 Å². The third-order valence-electron chi connectivity index (χ3n) is 6.51. The summed E-state index contributed by atoms with van der Waals surface area (Å²) >= 11 is 0. The van der Waals surface area contributed by atoms with Gasteiger partial charge in [0, 0.05) is 44.5 Å². The van der Waals surface area contributed by atoms with Crippen LogP contribution in [0.15, 0.2) is 73.2 Å². The second-order valence-electron chi connectivity index (χ2n) is 9.18. The van der Waals surface area contributed by atoms with Gasteiger partial charge in [-0.25, -0.2) is 9.50 Å². The van der Waals surface area contributed by atoms with E-state index in [9.17, 15) is 14.7 Å². The summed E-state index contributed by atoms with van der Waals surface area (Å²) in [6, 6.07) is 18.5. The Labute approximate surface area is 209 Å². The maximum absolute atomic E-state index is 12.8. The van der Waals surface area contributed by atoms with Crippen molar-refractivity contribution in [2.45, 2.75) is 6.04 Å². The van der Waals surface area contributed by atoms with E-state index in [-0.39, 0.29) is 24.3 Å². The number of fused-ring (bicyclic) bond motifs is 1. The first-order valence-electron chi connectivity index (χ1n) is 11.8. The van der Waals surface area contributed by atoms with Crippen LogP contribution in [0, 0.1) is 5.92 Å². The lowest BCUT2D eigenvalue weighted by Gasteiger charge is -2.39. The molecule has 1 aliphatic heterocycles. The van der Waals surface area contributed by atoms with Gasteiger partial charge >= 0.3 is 0 Å². The number of hydrogen-bond acceptors (Lipinski definition) is 6. The molecule has 0 bridgehead atoms. The first-order chi connectivity index (χ1) is 17.4. The molecule has 1 atom stereocenters. The van der Waals surface area contributed by atoms with Crippen LogP contribution in [0.3, 0.4) is 0 Å². The number of carbonyl (C=O) groups excluding carboxylic acids is 2. The molecule has 5 rings (SSSR count). The Morgan fingerprint density at radius 1 is 1.08 bits per heavy atom. The van der Waals surface area contributed by atoms with Gasteiger partial charge in [-0.3, -0.25) is 9.59 Å². The lowest BCUT2D eigenvalue weighted by molar-refractivity contribution is -0.126. The van der Waals surface area contributed by atoms with E-state index in [1.165, 1.54) is 6.33 Å². The van der Waals surface area contributed by atoms with Gasteiger partial charge in [0.15, 0.2) is 5.82 Å². The van der Waals surface area contributed by atoms with Crippen LogP contribution in [0.25, 0.3) is 16.6 Å². The molecular weight excluding hydrogens is 456 g/mol. The summed E-state index contributed by atoms with van der Waals surface area (Å²) in [5.41, 5.74) is 4.29. The van der Waals surface area contributed by atoms with E-state index in [4.69, 9.17) is 0 Å². The standard InChI is InChI=1S/C27H28N6O3/c1-31(2)27(36)20-10-8-18(9-11-20)21-12-24-25(28-17-29-33(24)15-21)32-13-22(14-32)26(35)30-23(16-34)19-6-4-3-5-7-19/h3-12,15,17,22-23,34H,13-14,16H2,1-2H3,(H,30,35)/t23-/m1/s1. The Bertz CT molecular complexity index is 1380. The third-order valence-corrected chi connectivity index (χ3v) is 6.51. The van der Waals surface area contributed by atoms with Crippen molar-refractivity contribution in [2.24, 2.45) is 5.92 Å². The second kappa shape index (κ2) is 9.79. The molecule has 36 heavy (non-hydrogen) atoms. The number of nitrogens with one attached hydrogen (secondary N) is 1. The zero-order valence-corrected chi connectivity index (χ0v) is 20.2. The minimum atomic E-state index is -0.425. The number of carbonyl (C=O) groups is 2. The normalized spacial score (nSPS) is 14.4. The van der Waals surface area contributed by atoms with Gasteiger partial charge in [-0.05, 0) is 29.3 Å². The molecule has 0 spiro atoms. The van der Waals surface area contributed by atoms with Crippen LogP contribution in [-0.4, -0.2) is 70.2 Å². The van der Waals surface area contributed by atoms with Gasteiger partial charge in [-0.2, -0.15) is 5.10 Å². The molecule has 0 saturated carbocycles. The highest BCUT2D eigenvalue weighted by Crippen LogP contribution is 2.31. The molecular formula is C27H28N6O3. The minimum absolute atomic E-state index is 0.0396. The average Bonchev–Trinajstić information content (AvgIpc) is 3.32. The van der Waals surface area contributed by atoms with Crippen molar-refractivity contribution in [1.29, 1.82) is 0 Å². The maximum Gasteiger partial charge on any atom is 0.253 e. The summed E-state index contributed by atoms with van der Waals surface area (Å²) in [6.07, 6.45) is 3.44. The smallest absolute Gasteiger partial charge is 0.253 e. The first kappa shape index (κ1) is 23.5. The van der Waals surface area contributed by atoms with Gasteiger partial charge < -0.3 is 20.2 Å². The van der Waals surface area contributed by atoms with Gasteiger partial charge in [-0.15, -0.1) is 0 Å². The number of benzene rings is 2. The van der Waals surface area contributed by atoms with Crippen LogP contribution in [-0.2, 0) is 4.79 Å². The van der Waals surface area contributed by atoms with Gasteiger partial charge in [0.2, 0.25) is 5.91 Å². The zero-order chi connectivity index (χ0) is 25.2. The SMILES string of the molecule is CN(C)C(=O)c1ccc(-c2cc3c(N4CC(C(=O)N[C@H](CO)c5ccccc5)C4)ncnn3c2)cc1. The Balaban J connectivity index is 1.28. The topological polar surface area (TPSA) is 103 Å². The summed E-state index contributed by atoms with van der Waals surface area (Å²) < 4.78 is 1.78. The Hall–Kier alpha value is -4.24. The third kappa shape index (κ3) is 4.52. The van der Waals surface area contributed by atoms with Gasteiger partial charge in [-0.1, -0.05) is 42.5 Å². The summed E-state index contributed by atoms with van der Waals surface area (Å²) in [4.78, 5) is 33.1. The van der Waals surface area contributed by atoms with Crippen LogP contribution < -0.4 is 10.2 Å². The number of aliphatic hydroxyl groups excluding tert-OH is 1. The number of nitrogens with zero attached hydrogens (tertiary/aromatic N) is 5. The van der Waals surface area contributed by atoms with E-state index >= 15 is 0 Å². The monoisotopic (exact) mass is 484 g/mol. The van der Waals surface area contributed by atoms with E-state index in [0.29, 0.717) is 18.7 Å². The minimum Gasteiger partial charge on any atom is -0.394 e. The fourth-order valence-electron chi connectivity index (χ4n) is 4.41. The lowest BCUT2D eigenvalue weighted by Crippen LogP contribution is -2.54. The summed E-state index contributed by atoms with van der Waals surface area (Å²) in [7, 11) is 3.46. The zero-order valence-electron chi connectivity index (χ0n) is 20.2. The molecule has 184 valence electrons. The number of amides is 2. The van der Waals surface area contributed by atoms with Crippen LogP contribution in [0.4, 0.5) is 5.82 Å². The predicted molar refractivity (Wildman–Crippen MR) is 137 cm³/mol. The van der Waals surface area contributed by atoms with Gasteiger partial charge in [0.05, 0.1) is 18.6 Å². The van der Waals surface area contributed by atoms with E-state index in [1.54, 1.807) is 23.5 Å². The highest BCUT2D eigenvalue weighted by molar-refractivity contribution is 5.94. The average molecular weight is 485 g/mol. The van der Waals surface area contributed by atoms with E-state index in [0.717, 1.165) is 28.0 Å². The quantitative estimate of drug-likeness (QED) is 0.418. The van der Waals surface area contributed by atoms with Crippen molar-refractivity contribution in [3.63, 3.8) is 0 Å². The number of hydrogen-bond donors (Lipinski definition) is 2. The van der Waals surface area contributed by atoms with Crippen molar-refractivity contribution in [2.75, 3.05) is 38.7 Å². The van der Waals surface area contributed by atoms with Crippen molar-refractivity contribution in [3.8, 4) is 11.1 Å². The molecule has 2 N–H and O–H groups in total. The lowest BCUT2D eigenvalue weighted by atomic mass is 9.97. The molecule has 3 heterocycles. The summed E-state index contributed by atoms with van der Waals surface area (Å²) in [6.45, 7) is 0.913. The summed E-state index contributed by atoms with van der Waals surface area (Å²) in [5.74, 6) is 0.459. The molecule has 1 fully saturated rings. The largest absolute Gasteiger partial charge is 0.394 e. The van der Waals surface area contributed by atoms with Crippen molar-refractivity contribution in [3.05, 3.63) is 84.3 Å². The molecule has 9 heteroatoms. The molecule has 1 saturated heterocycles.